The fourth-order valence-corrected chi connectivity index (χ4v) is 1.72. The second kappa shape index (κ2) is 6.72. The van der Waals surface area contributed by atoms with Crippen LogP contribution in [0, 0.1) is 5.82 Å². The van der Waals surface area contributed by atoms with E-state index in [4.69, 9.17) is 4.74 Å². The molecule has 1 aromatic carbocycles. The van der Waals surface area contributed by atoms with Gasteiger partial charge < -0.3 is 10.1 Å². The lowest BCUT2D eigenvalue weighted by Crippen LogP contribution is -2.17. The average molecular weight is 237 g/mol. The lowest BCUT2D eigenvalue weighted by atomic mass is 10.2. The van der Waals surface area contributed by atoms with E-state index in [1.807, 2.05) is 6.07 Å². The quantitative estimate of drug-likeness (QED) is 0.702. The number of nitrogens with one attached hydrogen (secondary N) is 1. The van der Waals surface area contributed by atoms with E-state index in [9.17, 15) is 4.39 Å². The van der Waals surface area contributed by atoms with Crippen molar-refractivity contribution in [3.05, 3.63) is 35.6 Å². The molecule has 1 saturated carbocycles. The first-order valence-corrected chi connectivity index (χ1v) is 6.41. The van der Waals surface area contributed by atoms with Crippen molar-refractivity contribution in [1.82, 2.24) is 5.32 Å². The Morgan fingerprint density at radius 3 is 2.82 bits per heavy atom. The van der Waals surface area contributed by atoms with Crippen molar-refractivity contribution in [3.8, 4) is 0 Å². The third kappa shape index (κ3) is 4.84. The lowest BCUT2D eigenvalue weighted by Gasteiger charge is -2.06. The van der Waals surface area contributed by atoms with Gasteiger partial charge in [0.05, 0.1) is 6.61 Å². The maximum absolute atomic E-state index is 13.2. The van der Waals surface area contributed by atoms with Crippen molar-refractivity contribution >= 4 is 0 Å². The van der Waals surface area contributed by atoms with Crippen LogP contribution in [0.25, 0.3) is 0 Å². The normalized spacial score (nSPS) is 15.1. The third-order valence-corrected chi connectivity index (χ3v) is 2.94. The SMILES string of the molecule is Fc1ccccc1COCCCCNC1CC1. The van der Waals surface area contributed by atoms with E-state index in [1.54, 1.807) is 12.1 Å². The van der Waals surface area contributed by atoms with Crippen LogP contribution in [0.15, 0.2) is 24.3 Å². The molecule has 0 amide bonds. The van der Waals surface area contributed by atoms with E-state index >= 15 is 0 Å². The summed E-state index contributed by atoms with van der Waals surface area (Å²) in [5, 5.41) is 3.46. The Morgan fingerprint density at radius 2 is 2.06 bits per heavy atom. The molecule has 0 spiro atoms. The Hall–Kier alpha value is -0.930. The van der Waals surface area contributed by atoms with Gasteiger partial charge in [0.15, 0.2) is 0 Å². The van der Waals surface area contributed by atoms with Gasteiger partial charge in [-0.2, -0.15) is 0 Å². The minimum absolute atomic E-state index is 0.178. The van der Waals surface area contributed by atoms with Crippen LogP contribution >= 0.6 is 0 Å². The molecule has 1 aliphatic rings. The molecule has 2 nitrogen and oxygen atoms in total. The molecular formula is C14H20FNO. The van der Waals surface area contributed by atoms with Crippen molar-refractivity contribution < 1.29 is 9.13 Å². The van der Waals surface area contributed by atoms with Crippen LogP contribution < -0.4 is 5.32 Å². The van der Waals surface area contributed by atoms with Gasteiger partial charge in [-0.05, 0) is 38.3 Å². The Labute approximate surface area is 102 Å². The van der Waals surface area contributed by atoms with Gasteiger partial charge in [0.25, 0.3) is 0 Å². The lowest BCUT2D eigenvalue weighted by molar-refractivity contribution is 0.115. The van der Waals surface area contributed by atoms with Crippen molar-refractivity contribution in [2.24, 2.45) is 0 Å². The zero-order chi connectivity index (χ0) is 11.9. The van der Waals surface area contributed by atoms with Crippen LogP contribution in [0.3, 0.4) is 0 Å². The maximum Gasteiger partial charge on any atom is 0.128 e. The summed E-state index contributed by atoms with van der Waals surface area (Å²) >= 11 is 0. The van der Waals surface area contributed by atoms with Crippen molar-refractivity contribution in [3.63, 3.8) is 0 Å². The van der Waals surface area contributed by atoms with E-state index in [0.717, 1.165) is 25.4 Å². The molecule has 1 aromatic rings. The third-order valence-electron chi connectivity index (χ3n) is 2.94. The van der Waals surface area contributed by atoms with Crippen LogP contribution in [0.4, 0.5) is 4.39 Å². The Morgan fingerprint density at radius 1 is 1.24 bits per heavy atom. The zero-order valence-corrected chi connectivity index (χ0v) is 10.1. The number of hydrogen-bond donors (Lipinski definition) is 1. The fourth-order valence-electron chi connectivity index (χ4n) is 1.72. The van der Waals surface area contributed by atoms with Gasteiger partial charge in [-0.3, -0.25) is 0 Å². The number of unbranched alkanes of at least 4 members (excludes halogenated alkanes) is 1. The summed E-state index contributed by atoms with van der Waals surface area (Å²) in [5.41, 5.74) is 0.642. The van der Waals surface area contributed by atoms with Gasteiger partial charge in [-0.1, -0.05) is 18.2 Å². The van der Waals surface area contributed by atoms with Crippen LogP contribution in [0.5, 0.6) is 0 Å². The molecule has 0 heterocycles. The summed E-state index contributed by atoms with van der Waals surface area (Å²) in [6.07, 6.45) is 4.84. The molecule has 94 valence electrons. The number of rotatable bonds is 8. The summed E-state index contributed by atoms with van der Waals surface area (Å²) in [4.78, 5) is 0. The molecule has 0 radical (unpaired) electrons. The smallest absolute Gasteiger partial charge is 0.128 e. The van der Waals surface area contributed by atoms with Gasteiger partial charge in [0.2, 0.25) is 0 Å². The molecule has 0 saturated heterocycles. The first kappa shape index (κ1) is 12.5. The van der Waals surface area contributed by atoms with E-state index in [1.165, 1.54) is 18.9 Å². The standard InChI is InChI=1S/C14H20FNO/c15-14-6-2-1-5-12(14)11-17-10-4-3-9-16-13-7-8-13/h1-2,5-6,13,16H,3-4,7-11H2. The average Bonchev–Trinajstić information content (AvgIpc) is 3.14. The number of halogens is 1. The van der Waals surface area contributed by atoms with Crippen LogP contribution in [0.1, 0.15) is 31.2 Å². The molecule has 1 N–H and O–H groups in total. The summed E-state index contributed by atoms with van der Waals surface area (Å²) in [6.45, 7) is 2.16. The van der Waals surface area contributed by atoms with Crippen molar-refractivity contribution in [2.45, 2.75) is 38.3 Å². The van der Waals surface area contributed by atoms with Crippen molar-refractivity contribution in [2.75, 3.05) is 13.2 Å². The monoisotopic (exact) mass is 237 g/mol. The van der Waals surface area contributed by atoms with E-state index in [2.05, 4.69) is 5.32 Å². The first-order chi connectivity index (χ1) is 8.36. The Kier molecular flexibility index (Phi) is 4.95. The molecule has 0 aromatic heterocycles. The molecule has 0 atom stereocenters. The van der Waals surface area contributed by atoms with E-state index < -0.39 is 0 Å². The molecule has 0 aliphatic heterocycles. The molecule has 0 unspecified atom stereocenters. The molecule has 1 fully saturated rings. The minimum atomic E-state index is -0.178. The zero-order valence-electron chi connectivity index (χ0n) is 10.1. The highest BCUT2D eigenvalue weighted by atomic mass is 19.1. The van der Waals surface area contributed by atoms with Gasteiger partial charge in [-0.25, -0.2) is 4.39 Å². The summed E-state index contributed by atoms with van der Waals surface area (Å²) in [7, 11) is 0. The van der Waals surface area contributed by atoms with Crippen LogP contribution in [-0.4, -0.2) is 19.2 Å². The molecule has 1 aliphatic carbocycles. The van der Waals surface area contributed by atoms with Gasteiger partial charge in [0.1, 0.15) is 5.82 Å². The Bertz CT molecular complexity index is 339. The van der Waals surface area contributed by atoms with Gasteiger partial charge >= 0.3 is 0 Å². The van der Waals surface area contributed by atoms with Gasteiger partial charge in [0, 0.05) is 18.2 Å². The van der Waals surface area contributed by atoms with Gasteiger partial charge in [-0.15, -0.1) is 0 Å². The largest absolute Gasteiger partial charge is 0.377 e. The molecule has 17 heavy (non-hydrogen) atoms. The van der Waals surface area contributed by atoms with E-state index in [-0.39, 0.29) is 5.82 Å². The highest BCUT2D eigenvalue weighted by Gasteiger charge is 2.19. The Balaban J connectivity index is 1.49. The molecule has 3 heteroatoms. The highest BCUT2D eigenvalue weighted by Crippen LogP contribution is 2.18. The first-order valence-electron chi connectivity index (χ1n) is 6.41. The van der Waals surface area contributed by atoms with Crippen LogP contribution in [0.2, 0.25) is 0 Å². The summed E-state index contributed by atoms with van der Waals surface area (Å²) in [6, 6.07) is 7.56. The van der Waals surface area contributed by atoms with E-state index in [0.29, 0.717) is 18.8 Å². The predicted molar refractivity (Wildman–Crippen MR) is 66.3 cm³/mol. The topological polar surface area (TPSA) is 21.3 Å². The van der Waals surface area contributed by atoms with Crippen molar-refractivity contribution in [1.29, 1.82) is 0 Å². The summed E-state index contributed by atoms with van der Waals surface area (Å²) in [5.74, 6) is -0.178. The highest BCUT2D eigenvalue weighted by molar-refractivity contribution is 5.16. The number of hydrogen-bond acceptors (Lipinski definition) is 2. The molecule has 2 rings (SSSR count). The molecular weight excluding hydrogens is 217 g/mol. The second-order valence-corrected chi connectivity index (χ2v) is 4.58. The number of ether oxygens (including phenoxy) is 1. The summed E-state index contributed by atoms with van der Waals surface area (Å²) < 4.78 is 18.7. The number of benzene rings is 1. The minimum Gasteiger partial charge on any atom is -0.377 e. The second-order valence-electron chi connectivity index (χ2n) is 4.58. The maximum atomic E-state index is 13.2. The predicted octanol–water partition coefficient (Wildman–Crippen LogP) is 2.87. The molecule has 0 bridgehead atoms. The van der Waals surface area contributed by atoms with Crippen LogP contribution in [-0.2, 0) is 11.3 Å². The fraction of sp³-hybridized carbons (Fsp3) is 0.571.